The second-order valence-electron chi connectivity index (χ2n) is 23.8. The van der Waals surface area contributed by atoms with Gasteiger partial charge in [0.2, 0.25) is 23.6 Å². The molecule has 1 heterocycles. The molecule has 0 unspecified atom stereocenters. The average molecular weight is 1280 g/mol. The van der Waals surface area contributed by atoms with E-state index >= 15 is 0 Å². The second-order valence-corrected chi connectivity index (χ2v) is 24.2. The molecule has 3 aromatic rings. The SMILES string of the molecule is C[C@H](CCCCNC(=S)Nc1ccc(-c2c3ccc(=O)cc-3oc3cc(O)ccc23)c(C(=O)O)c1)NC(=O)[C@H](CCCNC(N)N)NC(=O)[C@H](Cc1ccccc1)NC(=O)CC(C)(C)CCC(C)(C)NC(=O)CC[C@H](NC(=O)N[C@@H](CCC(=O)O)C(=O)O)C(=O)O. The summed E-state index contributed by atoms with van der Waals surface area (Å²) in [6.07, 6.45) is 0.664. The van der Waals surface area contributed by atoms with Gasteiger partial charge in [-0.15, -0.1) is 0 Å². The zero-order valence-corrected chi connectivity index (χ0v) is 52.3. The van der Waals surface area contributed by atoms with Gasteiger partial charge in [-0.1, -0.05) is 50.2 Å². The van der Waals surface area contributed by atoms with Gasteiger partial charge in [-0.2, -0.15) is 0 Å². The molecule has 5 rings (SSSR count). The lowest BCUT2D eigenvalue weighted by molar-refractivity contribution is -0.141. The molecule has 0 radical (unpaired) electrons. The molecule has 3 aromatic carbocycles. The molecule has 6 amide bonds. The van der Waals surface area contributed by atoms with E-state index in [-0.39, 0.29) is 71.3 Å². The lowest BCUT2D eigenvalue weighted by atomic mass is 9.80. The van der Waals surface area contributed by atoms with Crippen molar-refractivity contribution in [2.45, 2.75) is 160 Å². The molecule has 18 N–H and O–H groups in total. The summed E-state index contributed by atoms with van der Waals surface area (Å²) in [6.45, 7) is 9.79. The largest absolute Gasteiger partial charge is 0.508 e. The van der Waals surface area contributed by atoms with Gasteiger partial charge >= 0.3 is 29.9 Å². The Kier molecular flexibility index (Phi) is 27.2. The number of phenols is 1. The first-order valence-electron chi connectivity index (χ1n) is 29.8. The molecule has 28 heteroatoms. The minimum atomic E-state index is -1.60. The van der Waals surface area contributed by atoms with Crippen LogP contribution in [-0.2, 0) is 40.0 Å². The number of aromatic hydroxyl groups is 1. The summed E-state index contributed by atoms with van der Waals surface area (Å²) in [6, 6.07) is 15.6. The summed E-state index contributed by atoms with van der Waals surface area (Å²) in [7, 11) is 0. The Morgan fingerprint density at radius 3 is 1.96 bits per heavy atom. The van der Waals surface area contributed by atoms with Gasteiger partial charge in [0.15, 0.2) is 10.5 Å². The number of aliphatic carboxylic acids is 3. The van der Waals surface area contributed by atoms with Gasteiger partial charge in [-0.05, 0) is 150 Å². The van der Waals surface area contributed by atoms with Crippen LogP contribution in [0.3, 0.4) is 0 Å². The number of fused-ring (bicyclic) bond motifs is 2. The van der Waals surface area contributed by atoms with Crippen molar-refractivity contribution < 1.29 is 73.1 Å². The van der Waals surface area contributed by atoms with E-state index in [1.165, 1.54) is 30.3 Å². The van der Waals surface area contributed by atoms with Crippen LogP contribution in [0.5, 0.6) is 5.75 Å². The number of amides is 6. The van der Waals surface area contributed by atoms with Crippen LogP contribution in [0.2, 0.25) is 0 Å². The first kappa shape index (κ1) is 72.5. The summed E-state index contributed by atoms with van der Waals surface area (Å²) < 4.78 is 5.93. The Hall–Kier alpha value is -9.25. The van der Waals surface area contributed by atoms with Crippen LogP contribution in [0.15, 0.2) is 94.1 Å². The van der Waals surface area contributed by atoms with E-state index in [1.54, 1.807) is 50.2 Å². The highest BCUT2D eigenvalue weighted by Crippen LogP contribution is 2.42. The number of phenolic OH excluding ortho intramolecular Hbond substituents is 1. The minimum Gasteiger partial charge on any atom is -0.508 e. The quantitative estimate of drug-likeness (QED) is 0.0112. The van der Waals surface area contributed by atoms with Crippen molar-refractivity contribution in [3.63, 3.8) is 0 Å². The van der Waals surface area contributed by atoms with Gasteiger partial charge < -0.3 is 84.0 Å². The zero-order valence-electron chi connectivity index (χ0n) is 51.4. The average Bonchev–Trinajstić information content (AvgIpc) is 0.773. The summed E-state index contributed by atoms with van der Waals surface area (Å²) in [5.74, 6) is -7.41. The fourth-order valence-electron chi connectivity index (χ4n) is 10.0. The van der Waals surface area contributed by atoms with Crippen LogP contribution in [0.4, 0.5) is 10.5 Å². The van der Waals surface area contributed by atoms with Crippen LogP contribution in [0.1, 0.15) is 128 Å². The first-order valence-corrected chi connectivity index (χ1v) is 30.2. The highest BCUT2D eigenvalue weighted by molar-refractivity contribution is 7.80. The second kappa shape index (κ2) is 34.1. The number of hydrogen-bond acceptors (Lipinski definition) is 16. The van der Waals surface area contributed by atoms with Crippen LogP contribution in [0.25, 0.3) is 33.4 Å². The first-order chi connectivity index (χ1) is 42.9. The van der Waals surface area contributed by atoms with Crippen molar-refractivity contribution in [2.24, 2.45) is 16.9 Å². The van der Waals surface area contributed by atoms with Gasteiger partial charge in [-0.25, -0.2) is 19.2 Å². The number of hydrogen-bond donors (Lipinski definition) is 16. The van der Waals surface area contributed by atoms with Crippen molar-refractivity contribution in [3.8, 4) is 28.2 Å². The van der Waals surface area contributed by atoms with Crippen molar-refractivity contribution in [1.29, 1.82) is 0 Å². The van der Waals surface area contributed by atoms with E-state index < -0.39 is 108 Å². The molecule has 1 aliphatic carbocycles. The van der Waals surface area contributed by atoms with Gasteiger partial charge in [-0.3, -0.25) is 34.1 Å². The molecule has 2 aliphatic rings. The maximum atomic E-state index is 14.3. The minimum absolute atomic E-state index is 0.0434. The predicted octanol–water partition coefficient (Wildman–Crippen LogP) is 4.66. The number of thiocarbonyl (C=S) groups is 1. The number of nitrogens with one attached hydrogen (secondary N) is 9. The number of carboxylic acid groups (broad SMARTS) is 4. The van der Waals surface area contributed by atoms with E-state index in [4.69, 9.17) is 33.2 Å². The maximum absolute atomic E-state index is 14.3. The van der Waals surface area contributed by atoms with Gasteiger partial charge in [0, 0.05) is 78.1 Å². The number of anilines is 1. The smallest absolute Gasteiger partial charge is 0.336 e. The molecule has 0 bridgehead atoms. The molecule has 1 aliphatic heterocycles. The van der Waals surface area contributed by atoms with E-state index in [1.807, 2.05) is 44.3 Å². The topological polar surface area (TPSA) is 445 Å². The molecule has 91 heavy (non-hydrogen) atoms. The fraction of sp³-hybridized carbons (Fsp3) is 0.444. The summed E-state index contributed by atoms with van der Waals surface area (Å²) in [5, 5.41) is 74.1. The fourth-order valence-corrected chi connectivity index (χ4v) is 10.3. The number of aromatic carboxylic acids is 1. The van der Waals surface area contributed by atoms with Crippen LogP contribution in [-0.4, -0.2) is 139 Å². The zero-order chi connectivity index (χ0) is 67.2. The Balaban J connectivity index is 1.13. The number of rotatable bonds is 36. The molecular weight excluding hydrogens is 1200 g/mol. The molecule has 0 saturated heterocycles. The Labute approximate surface area is 531 Å². The monoisotopic (exact) mass is 1280 g/mol. The van der Waals surface area contributed by atoms with Crippen molar-refractivity contribution >= 4 is 87.5 Å². The maximum Gasteiger partial charge on any atom is 0.336 e. The van der Waals surface area contributed by atoms with E-state index in [0.717, 1.165) is 5.56 Å². The van der Waals surface area contributed by atoms with Crippen molar-refractivity contribution in [2.75, 3.05) is 18.4 Å². The van der Waals surface area contributed by atoms with Gasteiger partial charge in [0.05, 0.1) is 5.56 Å². The predicted molar refractivity (Wildman–Crippen MR) is 343 cm³/mol. The number of urea groups is 1. The Morgan fingerprint density at radius 1 is 0.648 bits per heavy atom. The van der Waals surface area contributed by atoms with Crippen LogP contribution in [0, 0.1) is 5.41 Å². The molecular formula is C63H83N11O16S. The molecule has 0 aromatic heterocycles. The Bertz CT molecular complexity index is 3430. The third-order valence-electron chi connectivity index (χ3n) is 14.9. The lowest BCUT2D eigenvalue weighted by Crippen LogP contribution is -2.55. The van der Waals surface area contributed by atoms with Crippen LogP contribution >= 0.6 is 12.2 Å². The standard InChI is InChI=1S/C63H83N11O16S/c1-35(12-9-10-28-67-61(91)69-37-16-19-40(43(31-37)56(83)84)53-41-20-17-38(75)32-48(41)90-49-33-39(76)18-21-42(49)53)68-54(81)44(15-11-29-66-59(64)65)71-55(82)47(30-36-13-7-6-8-14-36)70-51(78)34-62(2,3)26-27-63(4,5)74-50(77)24-22-45(57(85)86)72-60(89)73-46(58(87)88)23-25-52(79)80/h6-8,13-14,16-21,31-33,35,44-47,59,66,75H,9-12,15,22-30,34,64-65H2,1-5H3,(H,68,81)(H,70,78)(H,71,82)(H,74,77)(H,79,80)(H,83,84)(H,85,86)(H,87,88)(H2,67,69,91)(H2,72,73,89)/t35-,44+,45+,46+,47+/m1/s1. The summed E-state index contributed by atoms with van der Waals surface area (Å²) >= 11 is 5.56. The number of benzene rings is 4. The van der Waals surface area contributed by atoms with Crippen LogP contribution < -0.4 is 64.7 Å². The van der Waals surface area contributed by atoms with Crippen molar-refractivity contribution in [1.82, 2.24) is 42.5 Å². The van der Waals surface area contributed by atoms with E-state index in [0.29, 0.717) is 79.4 Å². The van der Waals surface area contributed by atoms with E-state index in [9.17, 15) is 68.4 Å². The third kappa shape index (κ3) is 24.2. The number of carbonyl (C=O) groups is 9. The highest BCUT2D eigenvalue weighted by Gasteiger charge is 2.33. The molecule has 0 saturated carbocycles. The normalized spacial score (nSPS) is 13.2. The molecule has 5 atom stereocenters. The van der Waals surface area contributed by atoms with Gasteiger partial charge in [0.25, 0.3) is 0 Å². The number of nitrogens with two attached hydrogens (primary N) is 2. The number of carboxylic acids is 4. The highest BCUT2D eigenvalue weighted by atomic mass is 32.1. The van der Waals surface area contributed by atoms with Gasteiger partial charge in [0.1, 0.15) is 47.5 Å². The Morgan fingerprint density at radius 2 is 1.31 bits per heavy atom. The molecule has 0 fully saturated rings. The number of unbranched alkanes of at least 4 members (excludes halogenated alkanes) is 1. The number of carbonyl (C=O) groups excluding carboxylic acids is 5. The van der Waals surface area contributed by atoms with E-state index in [2.05, 4.69) is 42.5 Å². The van der Waals surface area contributed by atoms with Crippen molar-refractivity contribution in [3.05, 3.63) is 106 Å². The molecule has 27 nitrogen and oxygen atoms in total. The lowest BCUT2D eigenvalue weighted by Gasteiger charge is -2.32. The molecule has 492 valence electrons. The third-order valence-corrected chi connectivity index (χ3v) is 15.1. The summed E-state index contributed by atoms with van der Waals surface area (Å²) in [4.78, 5) is 127. The summed E-state index contributed by atoms with van der Waals surface area (Å²) in [5.41, 5.74) is 12.2. The molecule has 0 spiro atoms.